The Morgan fingerprint density at radius 3 is 2.69 bits per heavy atom. The number of hydrazone groups is 1. The molecule has 0 fully saturated rings. The second-order valence-corrected chi connectivity index (χ2v) is 3.49. The first kappa shape index (κ1) is 8.30. The molecule has 1 atom stereocenters. The van der Waals surface area contributed by atoms with Gasteiger partial charge in [-0.1, -0.05) is 25.1 Å². The van der Waals surface area contributed by atoms with Crippen LogP contribution in [0.15, 0.2) is 35.4 Å². The second-order valence-electron chi connectivity index (χ2n) is 3.49. The monoisotopic (exact) mass is 174 g/mol. The zero-order valence-corrected chi connectivity index (χ0v) is 7.85. The SMILES string of the molecule is CC1C=NN(c2ccccc2)CC1. The van der Waals surface area contributed by atoms with E-state index in [1.807, 2.05) is 24.4 Å². The molecule has 0 amide bonds. The summed E-state index contributed by atoms with van der Waals surface area (Å²) in [4.78, 5) is 0. The summed E-state index contributed by atoms with van der Waals surface area (Å²) in [6, 6.07) is 10.3. The highest BCUT2D eigenvalue weighted by Gasteiger charge is 2.10. The molecule has 2 nitrogen and oxygen atoms in total. The number of rotatable bonds is 1. The average Bonchev–Trinajstić information content (AvgIpc) is 2.20. The maximum atomic E-state index is 4.39. The highest BCUT2D eigenvalue weighted by atomic mass is 15.5. The standard InChI is InChI=1S/C11H14N2/c1-10-7-8-13(12-9-10)11-5-3-2-4-6-11/h2-6,9-10H,7-8H2,1H3. The van der Waals surface area contributed by atoms with Gasteiger partial charge in [-0.15, -0.1) is 0 Å². The third-order valence-corrected chi connectivity index (χ3v) is 2.31. The van der Waals surface area contributed by atoms with Crippen LogP contribution in [0.4, 0.5) is 5.69 Å². The van der Waals surface area contributed by atoms with E-state index in [4.69, 9.17) is 0 Å². The van der Waals surface area contributed by atoms with Crippen molar-refractivity contribution < 1.29 is 0 Å². The lowest BCUT2D eigenvalue weighted by atomic mass is 10.1. The summed E-state index contributed by atoms with van der Waals surface area (Å²) in [6.07, 6.45) is 3.22. The Kier molecular flexibility index (Phi) is 2.30. The Morgan fingerprint density at radius 2 is 2.08 bits per heavy atom. The number of hydrogen-bond donors (Lipinski definition) is 0. The predicted molar refractivity (Wildman–Crippen MR) is 56.1 cm³/mol. The molecule has 2 heteroatoms. The van der Waals surface area contributed by atoms with Crippen LogP contribution < -0.4 is 5.01 Å². The molecule has 0 bridgehead atoms. The van der Waals surface area contributed by atoms with E-state index < -0.39 is 0 Å². The topological polar surface area (TPSA) is 15.6 Å². The van der Waals surface area contributed by atoms with Crippen molar-refractivity contribution in [1.82, 2.24) is 0 Å². The number of anilines is 1. The van der Waals surface area contributed by atoms with Crippen molar-refractivity contribution >= 4 is 11.9 Å². The van der Waals surface area contributed by atoms with Gasteiger partial charge in [0, 0.05) is 12.8 Å². The normalized spacial score (nSPS) is 21.9. The van der Waals surface area contributed by atoms with Gasteiger partial charge in [0.1, 0.15) is 0 Å². The average molecular weight is 174 g/mol. The summed E-state index contributed by atoms with van der Waals surface area (Å²) in [7, 11) is 0. The van der Waals surface area contributed by atoms with Gasteiger partial charge in [0.25, 0.3) is 0 Å². The highest BCUT2D eigenvalue weighted by Crippen LogP contribution is 2.18. The largest absolute Gasteiger partial charge is 0.266 e. The predicted octanol–water partition coefficient (Wildman–Crippen LogP) is 2.52. The fourth-order valence-electron chi connectivity index (χ4n) is 1.45. The number of para-hydroxylation sites is 1. The minimum Gasteiger partial charge on any atom is -0.266 e. The molecule has 68 valence electrons. The fourth-order valence-corrected chi connectivity index (χ4v) is 1.45. The zero-order chi connectivity index (χ0) is 9.10. The maximum Gasteiger partial charge on any atom is 0.0593 e. The molecule has 1 aromatic rings. The number of nitrogens with zero attached hydrogens (tertiary/aromatic N) is 2. The number of benzene rings is 1. The summed E-state index contributed by atoms with van der Waals surface area (Å²) in [5.41, 5.74) is 1.19. The molecule has 1 aromatic carbocycles. The summed E-state index contributed by atoms with van der Waals surface area (Å²) in [5, 5.41) is 6.44. The van der Waals surface area contributed by atoms with E-state index in [-0.39, 0.29) is 0 Å². The van der Waals surface area contributed by atoms with Crippen LogP contribution in [0, 0.1) is 5.92 Å². The van der Waals surface area contributed by atoms with Gasteiger partial charge in [-0.2, -0.15) is 5.10 Å². The Balaban J connectivity index is 2.15. The molecule has 0 aliphatic carbocycles. The molecule has 1 aliphatic heterocycles. The summed E-state index contributed by atoms with van der Waals surface area (Å²) in [6.45, 7) is 3.23. The van der Waals surface area contributed by atoms with E-state index in [2.05, 4.69) is 29.2 Å². The minimum atomic E-state index is 0.625. The molecule has 13 heavy (non-hydrogen) atoms. The van der Waals surface area contributed by atoms with E-state index in [9.17, 15) is 0 Å². The van der Waals surface area contributed by atoms with Crippen molar-refractivity contribution in [2.24, 2.45) is 11.0 Å². The van der Waals surface area contributed by atoms with Crippen molar-refractivity contribution in [2.75, 3.05) is 11.6 Å². The quantitative estimate of drug-likeness (QED) is 0.638. The lowest BCUT2D eigenvalue weighted by Crippen LogP contribution is -2.25. The van der Waals surface area contributed by atoms with Crippen molar-refractivity contribution in [3.05, 3.63) is 30.3 Å². The Labute approximate surface area is 78.9 Å². The molecule has 0 N–H and O–H groups in total. The van der Waals surface area contributed by atoms with Crippen LogP contribution in [0.5, 0.6) is 0 Å². The van der Waals surface area contributed by atoms with E-state index in [0.29, 0.717) is 5.92 Å². The molecular formula is C11H14N2. The van der Waals surface area contributed by atoms with E-state index in [0.717, 1.165) is 6.54 Å². The third kappa shape index (κ3) is 1.89. The van der Waals surface area contributed by atoms with E-state index in [1.54, 1.807) is 0 Å². The summed E-state index contributed by atoms with van der Waals surface area (Å²) < 4.78 is 0. The van der Waals surface area contributed by atoms with Gasteiger partial charge >= 0.3 is 0 Å². The van der Waals surface area contributed by atoms with Crippen LogP contribution in [0.3, 0.4) is 0 Å². The smallest absolute Gasteiger partial charge is 0.0593 e. The maximum absolute atomic E-state index is 4.39. The molecule has 0 radical (unpaired) electrons. The van der Waals surface area contributed by atoms with Gasteiger partial charge in [-0.25, -0.2) is 0 Å². The zero-order valence-electron chi connectivity index (χ0n) is 7.85. The molecule has 0 aromatic heterocycles. The van der Waals surface area contributed by atoms with E-state index >= 15 is 0 Å². The van der Waals surface area contributed by atoms with E-state index in [1.165, 1.54) is 12.1 Å². The Morgan fingerprint density at radius 1 is 1.31 bits per heavy atom. The van der Waals surface area contributed by atoms with Crippen molar-refractivity contribution in [2.45, 2.75) is 13.3 Å². The lowest BCUT2D eigenvalue weighted by Gasteiger charge is -2.24. The summed E-state index contributed by atoms with van der Waals surface area (Å²) in [5.74, 6) is 0.625. The Hall–Kier alpha value is -1.31. The minimum absolute atomic E-state index is 0.625. The molecular weight excluding hydrogens is 160 g/mol. The molecule has 0 spiro atoms. The van der Waals surface area contributed by atoms with Gasteiger partial charge in [0.05, 0.1) is 5.69 Å². The molecule has 1 unspecified atom stereocenters. The third-order valence-electron chi connectivity index (χ3n) is 2.31. The molecule has 1 aliphatic rings. The first-order chi connectivity index (χ1) is 6.36. The molecule has 2 rings (SSSR count). The lowest BCUT2D eigenvalue weighted by molar-refractivity contribution is 0.634. The number of hydrogen-bond acceptors (Lipinski definition) is 2. The van der Waals surface area contributed by atoms with Gasteiger partial charge in [-0.3, -0.25) is 5.01 Å². The summed E-state index contributed by atoms with van der Waals surface area (Å²) >= 11 is 0. The van der Waals surface area contributed by atoms with Crippen LogP contribution in [0.1, 0.15) is 13.3 Å². The van der Waals surface area contributed by atoms with Crippen molar-refractivity contribution in [3.8, 4) is 0 Å². The molecule has 0 saturated heterocycles. The Bertz CT molecular complexity index is 292. The first-order valence-corrected chi connectivity index (χ1v) is 4.73. The highest BCUT2D eigenvalue weighted by molar-refractivity contribution is 5.64. The van der Waals surface area contributed by atoms with Crippen LogP contribution in [0.25, 0.3) is 0 Å². The van der Waals surface area contributed by atoms with Crippen LogP contribution in [-0.4, -0.2) is 12.8 Å². The van der Waals surface area contributed by atoms with Crippen molar-refractivity contribution in [1.29, 1.82) is 0 Å². The van der Waals surface area contributed by atoms with Crippen LogP contribution in [-0.2, 0) is 0 Å². The first-order valence-electron chi connectivity index (χ1n) is 4.73. The molecule has 1 heterocycles. The van der Waals surface area contributed by atoms with Gasteiger partial charge in [0.2, 0.25) is 0 Å². The van der Waals surface area contributed by atoms with Gasteiger partial charge < -0.3 is 0 Å². The second kappa shape index (κ2) is 3.60. The molecule has 0 saturated carbocycles. The van der Waals surface area contributed by atoms with Crippen molar-refractivity contribution in [3.63, 3.8) is 0 Å². The van der Waals surface area contributed by atoms with Crippen LogP contribution in [0.2, 0.25) is 0 Å². The van der Waals surface area contributed by atoms with Gasteiger partial charge in [0.15, 0.2) is 0 Å². The fraction of sp³-hybridized carbons (Fsp3) is 0.364. The van der Waals surface area contributed by atoms with Crippen LogP contribution >= 0.6 is 0 Å². The van der Waals surface area contributed by atoms with Gasteiger partial charge in [-0.05, 0) is 24.5 Å².